The molecule has 1 heterocycles. The number of carboxylic acids is 1. The Morgan fingerprint density at radius 2 is 2.22 bits per heavy atom. The summed E-state index contributed by atoms with van der Waals surface area (Å²) in [5.74, 6) is -1.12. The number of amides is 2. The molecule has 1 saturated heterocycles. The molecule has 126 valence electrons. The molecule has 2 amide bonds. The van der Waals surface area contributed by atoms with Crippen LogP contribution in [0.1, 0.15) is 20.3 Å². The third-order valence-electron chi connectivity index (χ3n) is 3.84. The van der Waals surface area contributed by atoms with Gasteiger partial charge in [-0.15, -0.1) is 0 Å². The molecule has 23 heavy (non-hydrogen) atoms. The minimum absolute atomic E-state index is 0.108. The molecule has 1 unspecified atom stereocenters. The number of ether oxygens (including phenoxy) is 1. The van der Waals surface area contributed by atoms with Crippen molar-refractivity contribution >= 4 is 33.6 Å². The van der Waals surface area contributed by atoms with Crippen LogP contribution in [0.5, 0.6) is 5.75 Å². The highest BCUT2D eigenvalue weighted by Crippen LogP contribution is 2.33. The number of aliphatic carboxylic acids is 1. The summed E-state index contributed by atoms with van der Waals surface area (Å²) in [7, 11) is 0. The van der Waals surface area contributed by atoms with Crippen molar-refractivity contribution in [2.45, 2.75) is 20.3 Å². The maximum absolute atomic E-state index is 13.7. The Balaban J connectivity index is 2.15. The number of likely N-dealkylation sites (tertiary alicyclic amines) is 1. The summed E-state index contributed by atoms with van der Waals surface area (Å²) in [5, 5.41) is 11.8. The van der Waals surface area contributed by atoms with Gasteiger partial charge in [0.15, 0.2) is 0 Å². The Morgan fingerprint density at radius 3 is 2.78 bits per heavy atom. The maximum atomic E-state index is 13.7. The molecule has 1 aromatic rings. The van der Waals surface area contributed by atoms with E-state index in [1.54, 1.807) is 13.8 Å². The minimum Gasteiger partial charge on any atom is -0.492 e. The van der Waals surface area contributed by atoms with Crippen LogP contribution in [0.25, 0.3) is 0 Å². The molecular formula is C15H18BrFN2O4. The van der Waals surface area contributed by atoms with Gasteiger partial charge in [-0.25, -0.2) is 9.18 Å². The molecule has 1 aromatic carbocycles. The highest BCUT2D eigenvalue weighted by atomic mass is 79.9. The first-order valence-electron chi connectivity index (χ1n) is 7.18. The standard InChI is InChI=1S/C15H18BrFN2O4/c1-3-23-12-6-9(16)10(17)7-11(12)18-14(22)19-5-4-15(2,8-19)13(20)21/h6-7H,3-5,8H2,1-2H3,(H,18,22)(H,20,21). The lowest BCUT2D eigenvalue weighted by molar-refractivity contribution is -0.146. The Kier molecular flexibility index (Phi) is 5.13. The largest absolute Gasteiger partial charge is 0.492 e. The molecule has 1 fully saturated rings. The fourth-order valence-corrected chi connectivity index (χ4v) is 2.73. The lowest BCUT2D eigenvalue weighted by atomic mass is 9.90. The van der Waals surface area contributed by atoms with Gasteiger partial charge in [-0.05, 0) is 42.3 Å². The Morgan fingerprint density at radius 1 is 1.52 bits per heavy atom. The summed E-state index contributed by atoms with van der Waals surface area (Å²) in [5.41, 5.74) is -0.744. The number of carbonyl (C=O) groups excluding carboxylic acids is 1. The molecule has 2 rings (SSSR count). The molecular weight excluding hydrogens is 371 g/mol. The minimum atomic E-state index is -0.953. The molecule has 0 aliphatic carbocycles. The zero-order valence-electron chi connectivity index (χ0n) is 12.9. The average molecular weight is 389 g/mol. The summed E-state index contributed by atoms with van der Waals surface area (Å²) in [6.07, 6.45) is 0.378. The van der Waals surface area contributed by atoms with Gasteiger partial charge < -0.3 is 20.1 Å². The molecule has 0 radical (unpaired) electrons. The highest BCUT2D eigenvalue weighted by molar-refractivity contribution is 9.10. The quantitative estimate of drug-likeness (QED) is 0.828. The predicted octanol–water partition coefficient (Wildman–Crippen LogP) is 3.32. The SMILES string of the molecule is CCOc1cc(Br)c(F)cc1NC(=O)N1CCC(C)(C(=O)O)C1. The van der Waals surface area contributed by atoms with Crippen LogP contribution < -0.4 is 10.1 Å². The second-order valence-electron chi connectivity index (χ2n) is 5.66. The van der Waals surface area contributed by atoms with E-state index in [1.807, 2.05) is 0 Å². The highest BCUT2D eigenvalue weighted by Gasteiger charge is 2.42. The van der Waals surface area contributed by atoms with Crippen LogP contribution in [-0.4, -0.2) is 41.7 Å². The fraction of sp³-hybridized carbons (Fsp3) is 0.467. The van der Waals surface area contributed by atoms with E-state index in [0.29, 0.717) is 25.3 Å². The van der Waals surface area contributed by atoms with Crippen molar-refractivity contribution in [1.82, 2.24) is 4.90 Å². The molecule has 0 spiro atoms. The van der Waals surface area contributed by atoms with Crippen molar-refractivity contribution in [2.24, 2.45) is 5.41 Å². The number of urea groups is 1. The van der Waals surface area contributed by atoms with Crippen LogP contribution in [0.3, 0.4) is 0 Å². The van der Waals surface area contributed by atoms with E-state index in [1.165, 1.54) is 17.0 Å². The van der Waals surface area contributed by atoms with Crippen molar-refractivity contribution in [3.05, 3.63) is 22.4 Å². The zero-order chi connectivity index (χ0) is 17.2. The summed E-state index contributed by atoms with van der Waals surface area (Å²) in [4.78, 5) is 25.0. The molecule has 1 atom stereocenters. The summed E-state index contributed by atoms with van der Waals surface area (Å²) in [6.45, 7) is 4.19. The first kappa shape index (κ1) is 17.5. The van der Waals surface area contributed by atoms with E-state index in [9.17, 15) is 19.1 Å². The zero-order valence-corrected chi connectivity index (χ0v) is 14.4. The van der Waals surface area contributed by atoms with E-state index in [0.717, 1.165) is 0 Å². The molecule has 1 aliphatic heterocycles. The first-order valence-corrected chi connectivity index (χ1v) is 7.97. The van der Waals surface area contributed by atoms with E-state index in [4.69, 9.17) is 4.74 Å². The van der Waals surface area contributed by atoms with E-state index in [2.05, 4.69) is 21.2 Å². The van der Waals surface area contributed by atoms with Crippen molar-refractivity contribution in [3.63, 3.8) is 0 Å². The molecule has 6 nitrogen and oxygen atoms in total. The monoisotopic (exact) mass is 388 g/mol. The normalized spacial score (nSPS) is 20.4. The van der Waals surface area contributed by atoms with E-state index >= 15 is 0 Å². The third-order valence-corrected chi connectivity index (χ3v) is 4.45. The molecule has 0 aromatic heterocycles. The van der Waals surface area contributed by atoms with Crippen LogP contribution >= 0.6 is 15.9 Å². The van der Waals surface area contributed by atoms with Crippen molar-refractivity contribution in [3.8, 4) is 5.75 Å². The van der Waals surface area contributed by atoms with Gasteiger partial charge in [0.2, 0.25) is 0 Å². The van der Waals surface area contributed by atoms with Crippen LogP contribution in [0.15, 0.2) is 16.6 Å². The number of anilines is 1. The van der Waals surface area contributed by atoms with Crippen molar-refractivity contribution < 1.29 is 23.8 Å². The number of benzene rings is 1. The fourth-order valence-electron chi connectivity index (χ4n) is 2.40. The summed E-state index contributed by atoms with van der Waals surface area (Å²) < 4.78 is 19.3. The van der Waals surface area contributed by atoms with Crippen LogP contribution in [0, 0.1) is 11.2 Å². The lowest BCUT2D eigenvalue weighted by Crippen LogP contribution is -2.37. The van der Waals surface area contributed by atoms with E-state index in [-0.39, 0.29) is 16.7 Å². The Bertz CT molecular complexity index is 640. The molecule has 8 heteroatoms. The van der Waals surface area contributed by atoms with Gasteiger partial charge in [-0.1, -0.05) is 0 Å². The Hall–Kier alpha value is -1.83. The number of hydrogen-bond acceptors (Lipinski definition) is 3. The van der Waals surface area contributed by atoms with Crippen molar-refractivity contribution in [2.75, 3.05) is 25.0 Å². The van der Waals surface area contributed by atoms with Gasteiger partial charge in [0.05, 0.1) is 22.2 Å². The number of nitrogens with one attached hydrogen (secondary N) is 1. The van der Waals surface area contributed by atoms with Gasteiger partial charge >= 0.3 is 12.0 Å². The number of hydrogen-bond donors (Lipinski definition) is 2. The lowest BCUT2D eigenvalue weighted by Gasteiger charge is -2.21. The number of halogens is 2. The van der Waals surface area contributed by atoms with Crippen molar-refractivity contribution in [1.29, 1.82) is 0 Å². The summed E-state index contributed by atoms with van der Waals surface area (Å²) in [6, 6.07) is 2.14. The van der Waals surface area contributed by atoms with Crippen LogP contribution in [0.2, 0.25) is 0 Å². The number of carboxylic acid groups (broad SMARTS) is 1. The van der Waals surface area contributed by atoms with Crippen LogP contribution in [0.4, 0.5) is 14.9 Å². The maximum Gasteiger partial charge on any atom is 0.321 e. The molecule has 0 bridgehead atoms. The van der Waals surface area contributed by atoms with E-state index < -0.39 is 23.2 Å². The summed E-state index contributed by atoms with van der Waals surface area (Å²) >= 11 is 3.07. The number of carbonyl (C=O) groups is 2. The molecule has 2 N–H and O–H groups in total. The smallest absolute Gasteiger partial charge is 0.321 e. The van der Waals surface area contributed by atoms with Gasteiger partial charge in [-0.2, -0.15) is 0 Å². The van der Waals surface area contributed by atoms with Gasteiger partial charge in [0, 0.05) is 19.2 Å². The van der Waals surface area contributed by atoms with Gasteiger partial charge in [0.1, 0.15) is 11.6 Å². The Labute approximate surface area is 141 Å². The second-order valence-corrected chi connectivity index (χ2v) is 6.52. The topological polar surface area (TPSA) is 78.9 Å². The molecule has 1 aliphatic rings. The first-order chi connectivity index (χ1) is 10.8. The van der Waals surface area contributed by atoms with Gasteiger partial charge in [0.25, 0.3) is 0 Å². The predicted molar refractivity (Wildman–Crippen MR) is 86.2 cm³/mol. The average Bonchev–Trinajstić information content (AvgIpc) is 2.89. The number of nitrogens with zero attached hydrogens (tertiary/aromatic N) is 1. The van der Waals surface area contributed by atoms with Gasteiger partial charge in [-0.3, -0.25) is 4.79 Å². The number of rotatable bonds is 4. The van der Waals surface area contributed by atoms with Crippen LogP contribution in [-0.2, 0) is 4.79 Å². The molecule has 0 saturated carbocycles. The second kappa shape index (κ2) is 6.74. The third kappa shape index (κ3) is 3.74.